The minimum absolute atomic E-state index is 0.00961. The Hall–Kier alpha value is -0.775. The van der Waals surface area contributed by atoms with E-state index in [1.807, 2.05) is 27.7 Å². The van der Waals surface area contributed by atoms with Crippen LogP contribution in [-0.4, -0.2) is 43.8 Å². The van der Waals surface area contributed by atoms with Gasteiger partial charge in [0.2, 0.25) is 0 Å². The van der Waals surface area contributed by atoms with Crippen LogP contribution in [0.2, 0.25) is 5.02 Å². The third-order valence-electron chi connectivity index (χ3n) is 5.52. The van der Waals surface area contributed by atoms with E-state index in [9.17, 15) is 12.8 Å². The van der Waals surface area contributed by atoms with Crippen molar-refractivity contribution in [2.45, 2.75) is 57.5 Å². The van der Waals surface area contributed by atoms with Crippen molar-refractivity contribution in [1.29, 1.82) is 0 Å². The first kappa shape index (κ1) is 20.9. The molecular weight excluding hydrogens is 401 g/mol. The summed E-state index contributed by atoms with van der Waals surface area (Å²) in [5, 5.41) is 5.29. The van der Waals surface area contributed by atoms with Gasteiger partial charge >= 0.3 is 7.12 Å². The van der Waals surface area contributed by atoms with E-state index in [1.165, 1.54) is 12.1 Å². The van der Waals surface area contributed by atoms with Crippen LogP contribution < -0.4 is 10.6 Å². The molecule has 0 aromatic heterocycles. The molecule has 0 spiro atoms. The van der Waals surface area contributed by atoms with Gasteiger partial charge in [0, 0.05) is 22.6 Å². The van der Waals surface area contributed by atoms with Gasteiger partial charge in [0.05, 0.1) is 17.2 Å². The highest BCUT2D eigenvalue weighted by molar-refractivity contribution is 7.86. The van der Waals surface area contributed by atoms with Gasteiger partial charge in [-0.1, -0.05) is 11.6 Å². The quantitative estimate of drug-likeness (QED) is 0.756. The van der Waals surface area contributed by atoms with E-state index < -0.39 is 46.6 Å². The maximum Gasteiger partial charge on any atom is 0.497 e. The van der Waals surface area contributed by atoms with Crippen LogP contribution in [-0.2, 0) is 19.5 Å². The van der Waals surface area contributed by atoms with Gasteiger partial charge in [-0.15, -0.1) is 0 Å². The molecule has 0 amide bonds. The third kappa shape index (κ3) is 3.63. The predicted molar refractivity (Wildman–Crippen MR) is 99.2 cm³/mol. The Morgan fingerprint density at radius 1 is 1.26 bits per heavy atom. The third-order valence-corrected chi connectivity index (χ3v) is 6.81. The minimum atomic E-state index is -4.21. The molecule has 2 aliphatic rings. The zero-order valence-electron chi connectivity index (χ0n) is 15.5. The molecule has 2 unspecified atom stereocenters. The van der Waals surface area contributed by atoms with Gasteiger partial charge in [0.15, 0.2) is 0 Å². The second-order valence-corrected chi connectivity index (χ2v) is 9.83. The molecule has 2 atom stereocenters. The van der Waals surface area contributed by atoms with Crippen LogP contribution in [0, 0.1) is 5.82 Å². The fourth-order valence-electron chi connectivity index (χ4n) is 3.35. The van der Waals surface area contributed by atoms with Crippen molar-refractivity contribution in [1.82, 2.24) is 4.31 Å². The first-order valence-corrected chi connectivity index (χ1v) is 10.4. The number of hydrogen-bond donors (Lipinski definition) is 1. The van der Waals surface area contributed by atoms with Gasteiger partial charge in [0.25, 0.3) is 10.2 Å². The molecule has 3 rings (SSSR count). The Morgan fingerprint density at radius 3 is 2.33 bits per heavy atom. The van der Waals surface area contributed by atoms with E-state index in [0.29, 0.717) is 0 Å². The summed E-state index contributed by atoms with van der Waals surface area (Å²) < 4.78 is 65.9. The Morgan fingerprint density at radius 2 is 1.81 bits per heavy atom. The largest absolute Gasteiger partial charge is 0.497 e. The number of rotatable bonds is 3. The monoisotopic (exact) mass is 422 g/mol. The van der Waals surface area contributed by atoms with E-state index in [1.54, 1.807) is 0 Å². The molecule has 0 aliphatic carbocycles. The van der Waals surface area contributed by atoms with Gasteiger partial charge in [-0.3, -0.25) is 0 Å². The highest BCUT2D eigenvalue weighted by Gasteiger charge is 2.53. The van der Waals surface area contributed by atoms with Crippen LogP contribution in [0.25, 0.3) is 0 Å². The molecule has 0 saturated carbocycles. The second kappa shape index (κ2) is 6.64. The Bertz CT molecular complexity index is 852. The normalized spacial score (nSPS) is 28.1. The zero-order chi connectivity index (χ0) is 20.4. The summed E-state index contributed by atoms with van der Waals surface area (Å²) in [4.78, 5) is 0. The van der Waals surface area contributed by atoms with Gasteiger partial charge in [-0.05, 0) is 46.2 Å². The number of nitrogens with zero attached hydrogens (tertiary/aromatic N) is 1. The van der Waals surface area contributed by atoms with Crippen LogP contribution >= 0.6 is 11.6 Å². The topological polar surface area (TPSA) is 81.9 Å². The predicted octanol–water partition coefficient (Wildman–Crippen LogP) is 2.07. The number of nitrogens with two attached hydrogens (primary N) is 1. The summed E-state index contributed by atoms with van der Waals surface area (Å²) in [5.74, 6) is -0.818. The van der Waals surface area contributed by atoms with Crippen LogP contribution in [0.5, 0.6) is 0 Å². The summed E-state index contributed by atoms with van der Waals surface area (Å²) in [6.45, 7) is 7.12. The molecular formula is C16H22BClF2N2O4S. The molecule has 0 bridgehead atoms. The van der Waals surface area contributed by atoms with Crippen LogP contribution in [0.4, 0.5) is 8.78 Å². The summed E-state index contributed by atoms with van der Waals surface area (Å²) >= 11 is 6.13. The number of benzene rings is 1. The molecule has 2 N–H and O–H groups in total. The van der Waals surface area contributed by atoms with E-state index in [2.05, 4.69) is 0 Å². The van der Waals surface area contributed by atoms with E-state index in [-0.39, 0.29) is 29.0 Å². The van der Waals surface area contributed by atoms with E-state index in [0.717, 1.165) is 4.31 Å². The molecule has 27 heavy (non-hydrogen) atoms. The fourth-order valence-corrected chi connectivity index (χ4v) is 4.51. The molecule has 0 radical (unpaired) electrons. The lowest BCUT2D eigenvalue weighted by Gasteiger charge is -2.32. The highest BCUT2D eigenvalue weighted by Crippen LogP contribution is 2.40. The Balaban J connectivity index is 2.07. The van der Waals surface area contributed by atoms with Crippen molar-refractivity contribution in [3.63, 3.8) is 0 Å². The van der Waals surface area contributed by atoms with Crippen molar-refractivity contribution >= 4 is 34.4 Å². The summed E-state index contributed by atoms with van der Waals surface area (Å²) in [6.07, 6.45) is -1.69. The maximum absolute atomic E-state index is 15.3. The minimum Gasteiger partial charge on any atom is -0.399 e. The molecule has 2 heterocycles. The van der Waals surface area contributed by atoms with Crippen LogP contribution in [0.1, 0.15) is 45.7 Å². The Kier molecular flexibility index (Phi) is 5.15. The zero-order valence-corrected chi connectivity index (χ0v) is 17.1. The standard InChI is InChI=1S/C16H22BClF2N2O4S/c1-15(2)16(3,4)26-17(25-15)11-8-9(18)7-10(13(11)20)14-12(19)5-6-22(14)27(21,23)24/h7-8,12,14H,5-6H2,1-4H3,(H2,21,23,24). The average Bonchev–Trinajstić information content (AvgIpc) is 2.98. The molecule has 2 fully saturated rings. The Labute approximate surface area is 163 Å². The van der Waals surface area contributed by atoms with Crippen molar-refractivity contribution in [3.8, 4) is 0 Å². The van der Waals surface area contributed by atoms with Crippen molar-refractivity contribution in [2.75, 3.05) is 6.54 Å². The molecule has 11 heteroatoms. The molecule has 1 aromatic carbocycles. The number of halogens is 3. The smallest absolute Gasteiger partial charge is 0.399 e. The van der Waals surface area contributed by atoms with E-state index >= 15 is 4.39 Å². The first-order valence-electron chi connectivity index (χ1n) is 8.53. The van der Waals surface area contributed by atoms with Gasteiger partial charge in [-0.25, -0.2) is 13.9 Å². The van der Waals surface area contributed by atoms with Gasteiger partial charge < -0.3 is 9.31 Å². The lowest BCUT2D eigenvalue weighted by Crippen LogP contribution is -2.41. The summed E-state index contributed by atoms with van der Waals surface area (Å²) in [7, 11) is -5.27. The molecule has 1 aromatic rings. The molecule has 150 valence electrons. The van der Waals surface area contributed by atoms with Crippen LogP contribution in [0.3, 0.4) is 0 Å². The van der Waals surface area contributed by atoms with Crippen molar-refractivity contribution < 1.29 is 26.5 Å². The van der Waals surface area contributed by atoms with Gasteiger partial charge in [-0.2, -0.15) is 12.7 Å². The molecule has 2 aliphatic heterocycles. The average molecular weight is 423 g/mol. The highest BCUT2D eigenvalue weighted by atomic mass is 35.5. The molecule has 6 nitrogen and oxygen atoms in total. The second-order valence-electron chi connectivity index (χ2n) is 7.89. The van der Waals surface area contributed by atoms with E-state index in [4.69, 9.17) is 26.0 Å². The first-order chi connectivity index (χ1) is 12.2. The van der Waals surface area contributed by atoms with Gasteiger partial charge in [0.1, 0.15) is 12.0 Å². The SMILES string of the molecule is CC1(C)OB(c2cc(Cl)cc(C3C(F)CCN3S(N)(=O)=O)c2F)OC1(C)C. The summed E-state index contributed by atoms with van der Waals surface area (Å²) in [5.41, 5.74) is -1.62. The summed E-state index contributed by atoms with van der Waals surface area (Å²) in [6, 6.07) is 1.16. The maximum atomic E-state index is 15.3. The van der Waals surface area contributed by atoms with Crippen LogP contribution in [0.15, 0.2) is 12.1 Å². The molecule has 2 saturated heterocycles. The number of alkyl halides is 1. The van der Waals surface area contributed by atoms with Crippen molar-refractivity contribution in [2.24, 2.45) is 5.14 Å². The van der Waals surface area contributed by atoms with Crippen molar-refractivity contribution in [3.05, 3.63) is 28.5 Å². The lowest BCUT2D eigenvalue weighted by atomic mass is 9.77. The fraction of sp³-hybridized carbons (Fsp3) is 0.625. The lowest BCUT2D eigenvalue weighted by molar-refractivity contribution is 0.00578. The number of hydrogen-bond acceptors (Lipinski definition) is 4.